The Morgan fingerprint density at radius 2 is 1.63 bits per heavy atom. The smallest absolute Gasteiger partial charge is 0.256 e. The molecule has 144 valence electrons. The number of hydrogen-bond acceptors (Lipinski definition) is 3. The zero-order valence-corrected chi connectivity index (χ0v) is 14.7. The molecule has 0 N–H and O–H groups in total. The molecular formula is C20H20F3NO3. The summed E-state index contributed by atoms with van der Waals surface area (Å²) in [5.41, 5.74) is -0.248. The van der Waals surface area contributed by atoms with Crippen LogP contribution in [0, 0.1) is 17.5 Å². The van der Waals surface area contributed by atoms with Gasteiger partial charge in [0.2, 0.25) is 0 Å². The van der Waals surface area contributed by atoms with Gasteiger partial charge in [-0.3, -0.25) is 4.79 Å². The Hall–Kier alpha value is -2.54. The van der Waals surface area contributed by atoms with Gasteiger partial charge in [-0.05, 0) is 55.3 Å². The van der Waals surface area contributed by atoms with Crippen molar-refractivity contribution in [3.63, 3.8) is 0 Å². The molecule has 7 heteroatoms. The van der Waals surface area contributed by atoms with Crippen LogP contribution in [0.25, 0.3) is 0 Å². The summed E-state index contributed by atoms with van der Waals surface area (Å²) in [6, 6.07) is 8.61. The Kier molecular flexibility index (Phi) is 6.34. The minimum Gasteiger partial charge on any atom is -0.491 e. The molecule has 2 aromatic rings. The van der Waals surface area contributed by atoms with Gasteiger partial charge in [-0.25, -0.2) is 13.2 Å². The fraction of sp³-hybridized carbons (Fsp3) is 0.350. The second kappa shape index (κ2) is 8.90. The summed E-state index contributed by atoms with van der Waals surface area (Å²) in [4.78, 5) is 13.9. The minimum absolute atomic E-state index is 0.0248. The van der Waals surface area contributed by atoms with Crippen molar-refractivity contribution < 1.29 is 27.4 Å². The first-order valence-corrected chi connectivity index (χ1v) is 8.77. The Morgan fingerprint density at radius 1 is 0.963 bits per heavy atom. The Bertz CT molecular complexity index is 775. The highest BCUT2D eigenvalue weighted by Crippen LogP contribution is 2.19. The van der Waals surface area contributed by atoms with Crippen LogP contribution in [-0.4, -0.2) is 43.2 Å². The average Bonchev–Trinajstić information content (AvgIpc) is 2.68. The largest absolute Gasteiger partial charge is 0.491 e. The van der Waals surface area contributed by atoms with E-state index < -0.39 is 17.5 Å². The summed E-state index contributed by atoms with van der Waals surface area (Å²) in [6.45, 7) is 1.53. The highest BCUT2D eigenvalue weighted by Gasteiger charge is 2.26. The van der Waals surface area contributed by atoms with Crippen molar-refractivity contribution in [2.45, 2.75) is 18.9 Å². The molecule has 0 spiro atoms. The van der Waals surface area contributed by atoms with Crippen LogP contribution in [-0.2, 0) is 4.74 Å². The summed E-state index contributed by atoms with van der Waals surface area (Å²) in [7, 11) is 0. The first-order valence-electron chi connectivity index (χ1n) is 8.77. The normalized spacial score (nSPS) is 15.0. The maximum absolute atomic E-state index is 13.7. The van der Waals surface area contributed by atoms with Gasteiger partial charge in [-0.15, -0.1) is 0 Å². The van der Waals surface area contributed by atoms with Gasteiger partial charge in [0.25, 0.3) is 5.91 Å². The molecule has 0 radical (unpaired) electrons. The lowest BCUT2D eigenvalue weighted by Gasteiger charge is -2.32. The van der Waals surface area contributed by atoms with Gasteiger partial charge < -0.3 is 14.4 Å². The van der Waals surface area contributed by atoms with Gasteiger partial charge in [0.05, 0.1) is 18.3 Å². The second-order valence-corrected chi connectivity index (χ2v) is 6.29. The van der Waals surface area contributed by atoms with Crippen molar-refractivity contribution in [1.82, 2.24) is 4.90 Å². The molecule has 3 rings (SSSR count). The lowest BCUT2D eigenvalue weighted by Crippen LogP contribution is -2.41. The number of halogens is 3. The van der Waals surface area contributed by atoms with E-state index in [1.54, 1.807) is 12.1 Å². The average molecular weight is 379 g/mol. The van der Waals surface area contributed by atoms with E-state index in [4.69, 9.17) is 9.47 Å². The number of hydrogen-bond donors (Lipinski definition) is 0. The van der Waals surface area contributed by atoms with E-state index in [0.29, 0.717) is 44.9 Å². The summed E-state index contributed by atoms with van der Waals surface area (Å²) in [6.07, 6.45) is 1.20. The van der Waals surface area contributed by atoms with E-state index in [9.17, 15) is 18.0 Å². The Labute approximate surface area is 155 Å². The van der Waals surface area contributed by atoms with Gasteiger partial charge in [-0.2, -0.15) is 0 Å². The maximum Gasteiger partial charge on any atom is 0.256 e. The molecule has 1 aliphatic rings. The third-order valence-electron chi connectivity index (χ3n) is 4.41. The number of benzene rings is 2. The van der Waals surface area contributed by atoms with Crippen molar-refractivity contribution in [2.24, 2.45) is 0 Å². The van der Waals surface area contributed by atoms with E-state index in [1.807, 2.05) is 0 Å². The molecule has 0 atom stereocenters. The van der Waals surface area contributed by atoms with Crippen molar-refractivity contribution in [3.05, 3.63) is 65.5 Å². The van der Waals surface area contributed by atoms with Crippen LogP contribution in [0.2, 0.25) is 0 Å². The van der Waals surface area contributed by atoms with Crippen molar-refractivity contribution in [3.8, 4) is 5.75 Å². The van der Waals surface area contributed by atoms with Crippen molar-refractivity contribution >= 4 is 5.91 Å². The van der Waals surface area contributed by atoms with Crippen molar-refractivity contribution in [2.75, 3.05) is 26.3 Å². The Morgan fingerprint density at radius 3 is 2.33 bits per heavy atom. The zero-order chi connectivity index (χ0) is 19.2. The number of carbonyl (C=O) groups excluding carboxylic acids is 1. The molecule has 1 heterocycles. The number of carbonyl (C=O) groups is 1. The molecule has 2 aromatic carbocycles. The van der Waals surface area contributed by atoms with Crippen LogP contribution >= 0.6 is 0 Å². The molecule has 4 nitrogen and oxygen atoms in total. The fourth-order valence-electron chi connectivity index (χ4n) is 2.96. The molecule has 27 heavy (non-hydrogen) atoms. The van der Waals surface area contributed by atoms with Crippen LogP contribution in [0.15, 0.2) is 42.5 Å². The first-order chi connectivity index (χ1) is 13.0. The number of piperidine rings is 1. The summed E-state index contributed by atoms with van der Waals surface area (Å²) >= 11 is 0. The predicted molar refractivity (Wildman–Crippen MR) is 93.1 cm³/mol. The first kappa shape index (κ1) is 19.2. The van der Waals surface area contributed by atoms with Crippen LogP contribution in [0.5, 0.6) is 5.75 Å². The predicted octanol–water partition coefficient (Wildman–Crippen LogP) is 3.80. The highest BCUT2D eigenvalue weighted by atomic mass is 19.1. The number of amides is 1. The quantitative estimate of drug-likeness (QED) is 0.717. The molecule has 0 saturated carbocycles. The molecule has 1 aliphatic heterocycles. The van der Waals surface area contributed by atoms with E-state index in [2.05, 4.69) is 0 Å². The highest BCUT2D eigenvalue weighted by molar-refractivity contribution is 5.94. The standard InChI is InChI=1S/C20H20F3NO3/c21-14-1-4-16(5-2-14)26-11-12-27-17-7-9-24(10-8-17)20(25)18-13-15(22)3-6-19(18)23/h1-6,13,17H,7-12H2. The summed E-state index contributed by atoms with van der Waals surface area (Å²) < 4.78 is 51.0. The molecule has 0 bridgehead atoms. The molecule has 1 fully saturated rings. The topological polar surface area (TPSA) is 38.8 Å². The third-order valence-corrected chi connectivity index (χ3v) is 4.41. The van der Waals surface area contributed by atoms with E-state index in [1.165, 1.54) is 17.0 Å². The number of nitrogens with zero attached hydrogens (tertiary/aromatic N) is 1. The van der Waals surface area contributed by atoms with Crippen LogP contribution in [0.3, 0.4) is 0 Å². The molecule has 0 aliphatic carbocycles. The van der Waals surface area contributed by atoms with Gasteiger partial charge in [-0.1, -0.05) is 0 Å². The number of rotatable bonds is 6. The second-order valence-electron chi connectivity index (χ2n) is 6.29. The number of ether oxygens (including phenoxy) is 2. The van der Waals surface area contributed by atoms with Crippen LogP contribution < -0.4 is 4.74 Å². The van der Waals surface area contributed by atoms with Crippen LogP contribution in [0.1, 0.15) is 23.2 Å². The molecular weight excluding hydrogens is 359 g/mol. The van der Waals surface area contributed by atoms with Gasteiger partial charge >= 0.3 is 0 Å². The lowest BCUT2D eigenvalue weighted by atomic mass is 10.1. The minimum atomic E-state index is -0.724. The molecule has 0 aromatic heterocycles. The van der Waals surface area contributed by atoms with Crippen molar-refractivity contribution in [1.29, 1.82) is 0 Å². The number of likely N-dealkylation sites (tertiary alicyclic amines) is 1. The lowest BCUT2D eigenvalue weighted by molar-refractivity contribution is -0.00247. The fourth-order valence-corrected chi connectivity index (χ4v) is 2.96. The summed E-state index contributed by atoms with van der Waals surface area (Å²) in [5, 5.41) is 0. The van der Waals surface area contributed by atoms with Gasteiger partial charge in [0.1, 0.15) is 29.8 Å². The SMILES string of the molecule is O=C(c1cc(F)ccc1F)N1CCC(OCCOc2ccc(F)cc2)CC1. The monoisotopic (exact) mass is 379 g/mol. The zero-order valence-electron chi connectivity index (χ0n) is 14.7. The summed E-state index contributed by atoms with van der Waals surface area (Å²) in [5.74, 6) is -1.63. The maximum atomic E-state index is 13.7. The Balaban J connectivity index is 1.40. The third kappa shape index (κ3) is 5.23. The van der Waals surface area contributed by atoms with E-state index >= 15 is 0 Å². The molecule has 0 unspecified atom stereocenters. The molecule has 1 saturated heterocycles. The van der Waals surface area contributed by atoms with Gasteiger partial charge in [0.15, 0.2) is 0 Å². The molecule has 1 amide bonds. The van der Waals surface area contributed by atoms with E-state index in [0.717, 1.165) is 18.2 Å². The van der Waals surface area contributed by atoms with E-state index in [-0.39, 0.29) is 17.5 Å². The van der Waals surface area contributed by atoms with Crippen LogP contribution in [0.4, 0.5) is 13.2 Å². The van der Waals surface area contributed by atoms with Gasteiger partial charge in [0, 0.05) is 13.1 Å².